The summed E-state index contributed by atoms with van der Waals surface area (Å²) in [5.74, 6) is -0.942. The van der Waals surface area contributed by atoms with Gasteiger partial charge in [0.25, 0.3) is 0 Å². The molecule has 4 atom stereocenters. The average Bonchev–Trinajstić information content (AvgIpc) is 2.87. The van der Waals surface area contributed by atoms with Gasteiger partial charge in [-0.25, -0.2) is 0 Å². The number of benzene rings is 1. The molecule has 0 aliphatic carbocycles. The Labute approximate surface area is 233 Å². The zero-order chi connectivity index (χ0) is 29.5. The molecule has 1 rings (SSSR count). The predicted octanol–water partition coefficient (Wildman–Crippen LogP) is 5.15. The van der Waals surface area contributed by atoms with Gasteiger partial charge in [-0.15, -0.1) is 0 Å². The third kappa shape index (κ3) is 14.1. The summed E-state index contributed by atoms with van der Waals surface area (Å²) in [6, 6.07) is 3.73. The summed E-state index contributed by atoms with van der Waals surface area (Å²) >= 11 is 0. The first kappa shape index (κ1) is 34.1. The van der Waals surface area contributed by atoms with Crippen molar-refractivity contribution in [3.63, 3.8) is 0 Å². The van der Waals surface area contributed by atoms with Crippen molar-refractivity contribution in [1.29, 1.82) is 0 Å². The molecule has 9 heteroatoms. The van der Waals surface area contributed by atoms with Crippen LogP contribution in [0.15, 0.2) is 18.2 Å². The largest absolute Gasteiger partial charge is 0.462 e. The van der Waals surface area contributed by atoms with Gasteiger partial charge in [-0.1, -0.05) is 60.5 Å². The van der Waals surface area contributed by atoms with E-state index in [2.05, 4.69) is 0 Å². The molecule has 39 heavy (non-hydrogen) atoms. The molecule has 0 amide bonds. The summed E-state index contributed by atoms with van der Waals surface area (Å²) in [6.45, 7) is 13.5. The Morgan fingerprint density at radius 1 is 0.821 bits per heavy atom. The molecule has 1 aromatic carbocycles. The summed E-state index contributed by atoms with van der Waals surface area (Å²) in [4.78, 5) is 49.2. The van der Waals surface area contributed by atoms with Crippen molar-refractivity contribution in [2.24, 2.45) is 23.5 Å². The lowest BCUT2D eigenvalue weighted by Gasteiger charge is -2.18. The van der Waals surface area contributed by atoms with Gasteiger partial charge in [-0.3, -0.25) is 19.2 Å². The van der Waals surface area contributed by atoms with Crippen molar-refractivity contribution < 1.29 is 38.1 Å². The Bertz CT molecular complexity index is 945. The van der Waals surface area contributed by atoms with E-state index in [0.717, 1.165) is 19.3 Å². The third-order valence-corrected chi connectivity index (χ3v) is 6.36. The fourth-order valence-corrected chi connectivity index (χ4v) is 3.38. The second kappa shape index (κ2) is 17.6. The molecule has 0 spiro atoms. The van der Waals surface area contributed by atoms with Crippen LogP contribution in [0.25, 0.3) is 0 Å². The van der Waals surface area contributed by atoms with E-state index < -0.39 is 30.1 Å². The van der Waals surface area contributed by atoms with Gasteiger partial charge in [0.1, 0.15) is 18.8 Å². The number of rotatable bonds is 17. The van der Waals surface area contributed by atoms with Crippen LogP contribution in [0.3, 0.4) is 0 Å². The molecule has 1 aromatic rings. The smallest absolute Gasteiger partial charge is 0.323 e. The van der Waals surface area contributed by atoms with Gasteiger partial charge in [0, 0.05) is 19.3 Å². The maximum atomic E-state index is 12.5. The zero-order valence-electron chi connectivity index (χ0n) is 24.6. The predicted molar refractivity (Wildman–Crippen MR) is 148 cm³/mol. The van der Waals surface area contributed by atoms with Crippen LogP contribution in [0.2, 0.25) is 0 Å². The molecule has 0 bridgehead atoms. The Balaban J connectivity index is 2.86. The summed E-state index contributed by atoms with van der Waals surface area (Å²) in [5.41, 5.74) is 6.68. The van der Waals surface area contributed by atoms with E-state index in [4.69, 9.17) is 24.7 Å². The van der Waals surface area contributed by atoms with E-state index in [1.165, 1.54) is 6.07 Å². The molecule has 2 unspecified atom stereocenters. The summed E-state index contributed by atoms with van der Waals surface area (Å²) in [5, 5.41) is 0. The van der Waals surface area contributed by atoms with Crippen molar-refractivity contribution in [2.75, 3.05) is 6.61 Å². The highest BCUT2D eigenvalue weighted by Crippen LogP contribution is 2.30. The monoisotopic (exact) mass is 549 g/mol. The molecule has 0 radical (unpaired) electrons. The molecule has 0 heterocycles. The van der Waals surface area contributed by atoms with Crippen LogP contribution < -0.4 is 15.2 Å². The first-order chi connectivity index (χ1) is 18.3. The Hall–Kier alpha value is -2.94. The van der Waals surface area contributed by atoms with Gasteiger partial charge >= 0.3 is 23.9 Å². The number of nitrogens with two attached hydrogens (primary N) is 1. The quantitative estimate of drug-likeness (QED) is 0.207. The fourth-order valence-electron chi connectivity index (χ4n) is 3.38. The molecular formula is C30H47NO8. The average molecular weight is 550 g/mol. The highest BCUT2D eigenvalue weighted by molar-refractivity contribution is 5.77. The maximum Gasteiger partial charge on any atom is 0.323 e. The molecule has 0 aliphatic rings. The Kier molecular flexibility index (Phi) is 15.4. The lowest BCUT2D eigenvalue weighted by Crippen LogP contribution is -2.37. The highest BCUT2D eigenvalue weighted by Gasteiger charge is 2.22. The van der Waals surface area contributed by atoms with Gasteiger partial charge < -0.3 is 24.7 Å². The van der Waals surface area contributed by atoms with E-state index in [1.807, 2.05) is 41.5 Å². The molecule has 0 saturated carbocycles. The minimum Gasteiger partial charge on any atom is -0.462 e. The van der Waals surface area contributed by atoms with Gasteiger partial charge in [-0.05, 0) is 55.2 Å². The second-order valence-electron chi connectivity index (χ2n) is 10.8. The fraction of sp³-hybridized carbons (Fsp3) is 0.667. The topological polar surface area (TPSA) is 131 Å². The van der Waals surface area contributed by atoms with Crippen LogP contribution in [-0.2, 0) is 35.1 Å². The van der Waals surface area contributed by atoms with Gasteiger partial charge in [0.05, 0.1) is 0 Å². The summed E-state index contributed by atoms with van der Waals surface area (Å²) in [7, 11) is 0. The molecule has 0 aromatic heterocycles. The van der Waals surface area contributed by atoms with Gasteiger partial charge in [0.15, 0.2) is 11.5 Å². The normalized spacial score (nSPS) is 14.2. The van der Waals surface area contributed by atoms with Crippen LogP contribution in [0.4, 0.5) is 0 Å². The van der Waals surface area contributed by atoms with E-state index in [9.17, 15) is 19.2 Å². The number of carbonyl (C=O) groups is 4. The molecule has 0 aliphatic heterocycles. The maximum absolute atomic E-state index is 12.5. The van der Waals surface area contributed by atoms with Crippen molar-refractivity contribution >= 4 is 23.9 Å². The number of carbonyl (C=O) groups excluding carboxylic acids is 4. The number of hydrogen-bond acceptors (Lipinski definition) is 9. The van der Waals surface area contributed by atoms with Crippen molar-refractivity contribution in [3.8, 4) is 11.5 Å². The first-order valence-electron chi connectivity index (χ1n) is 14.0. The van der Waals surface area contributed by atoms with Crippen LogP contribution >= 0.6 is 0 Å². The molecule has 2 N–H and O–H groups in total. The van der Waals surface area contributed by atoms with Crippen molar-refractivity contribution in [1.82, 2.24) is 0 Å². The van der Waals surface area contributed by atoms with E-state index in [-0.39, 0.29) is 55.2 Å². The number of esters is 4. The lowest BCUT2D eigenvalue weighted by molar-refractivity contribution is -0.159. The Morgan fingerprint density at radius 2 is 1.38 bits per heavy atom. The first-order valence-corrected chi connectivity index (χ1v) is 14.0. The van der Waals surface area contributed by atoms with Crippen LogP contribution in [0.5, 0.6) is 11.5 Å². The molecular weight excluding hydrogens is 502 g/mol. The van der Waals surface area contributed by atoms with Crippen LogP contribution in [-0.4, -0.2) is 42.6 Å². The van der Waals surface area contributed by atoms with Gasteiger partial charge in [-0.2, -0.15) is 0 Å². The highest BCUT2D eigenvalue weighted by atomic mass is 16.6. The molecule has 220 valence electrons. The minimum atomic E-state index is -1.01. The summed E-state index contributed by atoms with van der Waals surface area (Å²) < 4.78 is 21.6. The molecule has 0 saturated heterocycles. The summed E-state index contributed by atoms with van der Waals surface area (Å²) in [6.07, 6.45) is 2.57. The number of ether oxygens (including phenoxy) is 4. The zero-order valence-corrected chi connectivity index (χ0v) is 24.6. The van der Waals surface area contributed by atoms with E-state index in [1.54, 1.807) is 19.1 Å². The minimum absolute atomic E-state index is 0.0532. The van der Waals surface area contributed by atoms with Crippen molar-refractivity contribution in [2.45, 2.75) is 106 Å². The van der Waals surface area contributed by atoms with Crippen molar-refractivity contribution in [3.05, 3.63) is 23.8 Å². The van der Waals surface area contributed by atoms with E-state index in [0.29, 0.717) is 17.9 Å². The molecule has 0 fully saturated rings. The third-order valence-electron chi connectivity index (χ3n) is 6.36. The molecule has 9 nitrogen and oxygen atoms in total. The van der Waals surface area contributed by atoms with Crippen LogP contribution in [0.1, 0.15) is 92.6 Å². The van der Waals surface area contributed by atoms with Crippen LogP contribution in [0, 0.1) is 17.8 Å². The van der Waals surface area contributed by atoms with E-state index >= 15 is 0 Å². The SMILES string of the molecule is CCC(C)CC(=O)Oc1ccc(C[C@H](N)C(=O)O[C@@H](C)COC(=O)CCC(C)C)cc1OC(=O)CC(C)CC. The Morgan fingerprint density at radius 3 is 1.92 bits per heavy atom. The number of hydrogen-bond donors (Lipinski definition) is 1. The van der Waals surface area contributed by atoms with Gasteiger partial charge in [0.2, 0.25) is 0 Å². The second-order valence-corrected chi connectivity index (χ2v) is 10.8. The standard InChI is InChI=1S/C30H47NO8/c1-8-20(5)14-28(33)38-25-12-11-23(17-26(25)39-29(34)15-21(6)9-2)16-24(31)30(35)37-22(7)18-36-27(32)13-10-19(3)4/h11-12,17,19-22,24H,8-10,13-16,18,31H2,1-7H3/t20?,21?,22-,24-/m0/s1. The lowest BCUT2D eigenvalue weighted by atomic mass is 10.0.